The van der Waals surface area contributed by atoms with E-state index in [-0.39, 0.29) is 10.8 Å². The van der Waals surface area contributed by atoms with Crippen LogP contribution in [0, 0.1) is 6.92 Å². The molecule has 0 atom stereocenters. The molecule has 1 aliphatic rings. The molecule has 39 heavy (non-hydrogen) atoms. The number of amides is 1. The van der Waals surface area contributed by atoms with Gasteiger partial charge in [-0.1, -0.05) is 42.0 Å². The van der Waals surface area contributed by atoms with Crippen molar-refractivity contribution in [2.24, 2.45) is 4.99 Å². The molecule has 0 aromatic heterocycles. The fraction of sp³-hybridized carbons (Fsp3) is 0.423. The molecular weight excluding hydrogens is 537 g/mol. The highest BCUT2D eigenvalue weighted by molar-refractivity contribution is 7.89. The van der Waals surface area contributed by atoms with Gasteiger partial charge in [0.05, 0.1) is 11.4 Å². The average Bonchev–Trinajstić information content (AvgIpc) is 3.42. The van der Waals surface area contributed by atoms with Crippen LogP contribution in [0.3, 0.4) is 0 Å². The number of aliphatic carboxylic acids is 1. The first-order valence-corrected chi connectivity index (χ1v) is 13.6. The lowest BCUT2D eigenvalue weighted by Gasteiger charge is -2.20. The minimum Gasteiger partial charge on any atom is -0.475 e. The van der Waals surface area contributed by atoms with E-state index in [1.54, 1.807) is 43.3 Å². The number of hydrogen-bond donors (Lipinski definition) is 2. The van der Waals surface area contributed by atoms with Gasteiger partial charge in [-0.2, -0.15) is 13.2 Å². The molecule has 1 amide bonds. The zero-order chi connectivity index (χ0) is 29.2. The number of nitrogens with zero attached hydrogens (tertiary/aromatic N) is 3. The quantitative estimate of drug-likeness (QED) is 0.453. The van der Waals surface area contributed by atoms with Crippen molar-refractivity contribution in [1.29, 1.82) is 0 Å². The third-order valence-electron chi connectivity index (χ3n) is 5.90. The molecule has 214 valence electrons. The lowest BCUT2D eigenvalue weighted by molar-refractivity contribution is -0.192. The van der Waals surface area contributed by atoms with E-state index in [9.17, 15) is 26.4 Å². The van der Waals surface area contributed by atoms with Gasteiger partial charge in [-0.25, -0.2) is 17.5 Å². The molecule has 2 N–H and O–H groups in total. The number of alkyl halides is 3. The number of carbonyl (C=O) groups is 2. The van der Waals surface area contributed by atoms with Crippen LogP contribution in [0.25, 0.3) is 0 Å². The first kappa shape index (κ1) is 31.8. The second-order valence-electron chi connectivity index (χ2n) is 8.97. The minimum atomic E-state index is -5.08. The third kappa shape index (κ3) is 9.98. The average molecular weight is 571 g/mol. The fourth-order valence-corrected chi connectivity index (χ4v) is 4.71. The highest BCUT2D eigenvalue weighted by atomic mass is 32.2. The summed E-state index contributed by atoms with van der Waals surface area (Å²) in [5.41, 5.74) is 3.26. The first-order chi connectivity index (χ1) is 18.2. The van der Waals surface area contributed by atoms with Crippen LogP contribution in [0.1, 0.15) is 29.5 Å². The molecule has 0 saturated carbocycles. The third-order valence-corrected chi connectivity index (χ3v) is 7.77. The first-order valence-electron chi connectivity index (χ1n) is 12.2. The lowest BCUT2D eigenvalue weighted by atomic mass is 10.1. The summed E-state index contributed by atoms with van der Waals surface area (Å²) < 4.78 is 58.3. The Morgan fingerprint density at radius 1 is 1.03 bits per heavy atom. The Morgan fingerprint density at radius 2 is 1.62 bits per heavy atom. The fourth-order valence-electron chi connectivity index (χ4n) is 3.50. The van der Waals surface area contributed by atoms with Crippen LogP contribution in [0.15, 0.2) is 58.4 Å². The summed E-state index contributed by atoms with van der Waals surface area (Å²) in [6, 6.07) is 15.0. The molecule has 0 aliphatic carbocycles. The molecule has 3 rings (SSSR count). The molecule has 2 aromatic carbocycles. The molecule has 0 spiro atoms. The summed E-state index contributed by atoms with van der Waals surface area (Å²) >= 11 is 0. The number of rotatable bonds is 10. The summed E-state index contributed by atoms with van der Waals surface area (Å²) in [6.07, 6.45) is -3.52. The molecule has 0 fully saturated rings. The number of benzene rings is 2. The zero-order valence-electron chi connectivity index (χ0n) is 22.0. The number of aryl methyl sites for hydroxylation is 1. The van der Waals surface area contributed by atoms with Crippen molar-refractivity contribution in [1.82, 2.24) is 14.5 Å². The highest BCUT2D eigenvalue weighted by Gasteiger charge is 2.38. The van der Waals surface area contributed by atoms with Gasteiger partial charge < -0.3 is 15.3 Å². The Kier molecular flexibility index (Phi) is 11.5. The number of halogens is 3. The minimum absolute atomic E-state index is 0.0206. The second-order valence-corrected chi connectivity index (χ2v) is 11.0. The number of sulfonamides is 1. The van der Waals surface area contributed by atoms with Crippen LogP contribution >= 0.6 is 0 Å². The number of amidine groups is 1. The van der Waals surface area contributed by atoms with E-state index in [2.05, 4.69) is 34.6 Å². The number of nitrogens with one attached hydrogen (secondary N) is 1. The van der Waals surface area contributed by atoms with Gasteiger partial charge in [0.25, 0.3) is 0 Å². The Labute approximate surface area is 226 Å². The number of carboxylic acids is 1. The van der Waals surface area contributed by atoms with Gasteiger partial charge in [-0.05, 0) is 37.5 Å². The summed E-state index contributed by atoms with van der Waals surface area (Å²) in [5.74, 6) is -1.79. The van der Waals surface area contributed by atoms with Crippen LogP contribution in [0.5, 0.6) is 0 Å². The topological polar surface area (TPSA) is 119 Å². The van der Waals surface area contributed by atoms with Gasteiger partial charge in [-0.15, -0.1) is 0 Å². The Bertz CT molecular complexity index is 1250. The molecule has 2 aromatic rings. The molecule has 0 radical (unpaired) electrons. The SMILES string of the molecule is Cc1ccc(S(=O)(=O)N(C)CCCC(=O)N(C)CCc2ccc(C3=NCCN3)cc2)cc1.O=C(O)C(F)(F)F. The van der Waals surface area contributed by atoms with Crippen molar-refractivity contribution in [3.8, 4) is 0 Å². The van der Waals surface area contributed by atoms with Gasteiger partial charge in [0.15, 0.2) is 0 Å². The van der Waals surface area contributed by atoms with E-state index in [0.29, 0.717) is 25.9 Å². The molecule has 13 heteroatoms. The largest absolute Gasteiger partial charge is 0.490 e. The second kappa shape index (κ2) is 14.1. The normalized spacial score (nSPS) is 13.3. The zero-order valence-corrected chi connectivity index (χ0v) is 22.8. The van der Waals surface area contributed by atoms with Crippen LogP contribution < -0.4 is 5.32 Å². The number of likely N-dealkylation sites (N-methyl/N-ethyl adjacent to an activating group) is 1. The van der Waals surface area contributed by atoms with Crippen LogP contribution in [-0.2, 0) is 26.0 Å². The summed E-state index contributed by atoms with van der Waals surface area (Å²) in [6.45, 7) is 4.54. The van der Waals surface area contributed by atoms with Crippen molar-refractivity contribution < 1.29 is 36.3 Å². The maximum atomic E-state index is 12.6. The Hall–Kier alpha value is -3.45. The van der Waals surface area contributed by atoms with Crippen molar-refractivity contribution in [3.05, 3.63) is 65.2 Å². The van der Waals surface area contributed by atoms with Crippen molar-refractivity contribution in [2.45, 2.75) is 37.3 Å². The monoisotopic (exact) mass is 570 g/mol. The summed E-state index contributed by atoms with van der Waals surface area (Å²) in [5, 5.41) is 10.4. The number of aliphatic imine (C=N–C) groups is 1. The number of carboxylic acid groups (broad SMARTS) is 1. The maximum absolute atomic E-state index is 12.6. The van der Waals surface area contributed by atoms with Crippen molar-refractivity contribution >= 4 is 27.7 Å². The van der Waals surface area contributed by atoms with Gasteiger partial charge >= 0.3 is 12.1 Å². The van der Waals surface area contributed by atoms with Crippen molar-refractivity contribution in [3.63, 3.8) is 0 Å². The number of hydrogen-bond acceptors (Lipinski definition) is 6. The summed E-state index contributed by atoms with van der Waals surface area (Å²) in [4.78, 5) is 27.8. The van der Waals surface area contributed by atoms with E-state index < -0.39 is 22.2 Å². The molecule has 0 bridgehead atoms. The highest BCUT2D eigenvalue weighted by Crippen LogP contribution is 2.16. The predicted molar refractivity (Wildman–Crippen MR) is 141 cm³/mol. The Balaban J connectivity index is 0.000000673. The Morgan fingerprint density at radius 3 is 2.13 bits per heavy atom. The van der Waals surface area contributed by atoms with E-state index in [4.69, 9.17) is 9.90 Å². The molecule has 1 heterocycles. The standard InChI is InChI=1S/C24H32N4O3S.C2HF3O2/c1-19-6-12-22(13-7-19)32(30,31)28(3)17-4-5-23(29)27(2)18-14-20-8-10-21(11-9-20)24-25-15-16-26-24;3-2(4,5)1(6)7/h6-13H,4-5,14-18H2,1-3H3,(H,25,26);(H,6,7). The lowest BCUT2D eigenvalue weighted by Crippen LogP contribution is -2.31. The van der Waals surface area contributed by atoms with Crippen LogP contribution in [-0.4, -0.2) is 86.9 Å². The maximum Gasteiger partial charge on any atom is 0.490 e. The van der Waals surface area contributed by atoms with Crippen LogP contribution in [0.4, 0.5) is 13.2 Å². The molecule has 1 aliphatic heterocycles. The van der Waals surface area contributed by atoms with Crippen molar-refractivity contribution in [2.75, 3.05) is 40.3 Å². The van der Waals surface area contributed by atoms with Gasteiger partial charge in [0, 0.05) is 45.7 Å². The number of carbonyl (C=O) groups excluding carboxylic acids is 1. The van der Waals surface area contributed by atoms with Gasteiger partial charge in [0.1, 0.15) is 5.84 Å². The van der Waals surface area contributed by atoms with Gasteiger partial charge in [0.2, 0.25) is 15.9 Å². The predicted octanol–water partition coefficient (Wildman–Crippen LogP) is 3.08. The molecule has 0 unspecified atom stereocenters. The van der Waals surface area contributed by atoms with Gasteiger partial charge in [-0.3, -0.25) is 9.79 Å². The van der Waals surface area contributed by atoms with E-state index in [1.165, 1.54) is 4.31 Å². The van der Waals surface area contributed by atoms with Crippen LogP contribution in [0.2, 0.25) is 0 Å². The van der Waals surface area contributed by atoms with E-state index in [0.717, 1.165) is 42.0 Å². The molecule has 0 saturated heterocycles. The summed E-state index contributed by atoms with van der Waals surface area (Å²) in [7, 11) is -0.187. The van der Waals surface area contributed by atoms with E-state index >= 15 is 0 Å². The smallest absolute Gasteiger partial charge is 0.475 e. The van der Waals surface area contributed by atoms with E-state index in [1.807, 2.05) is 6.92 Å². The molecule has 9 nitrogen and oxygen atoms in total. The molecular formula is C26H33F3N4O5S.